The van der Waals surface area contributed by atoms with Gasteiger partial charge in [0.2, 0.25) is 0 Å². The number of hydrogen-bond donors (Lipinski definition) is 2. The highest BCUT2D eigenvalue weighted by Crippen LogP contribution is 2.29. The standard InChI is InChI=1S/C11H16N2O2S/c14-10(15)2-1-9-7-12-11(13-9)8-3-5-16-6-4-8/h7-8H,1-6H2,(H,12,13)(H,14,15). The summed E-state index contributed by atoms with van der Waals surface area (Å²) in [5, 5.41) is 8.59. The summed E-state index contributed by atoms with van der Waals surface area (Å²) in [5.74, 6) is 3.23. The third kappa shape index (κ3) is 3.01. The van der Waals surface area contributed by atoms with Gasteiger partial charge in [0.15, 0.2) is 0 Å². The molecule has 2 heterocycles. The van der Waals surface area contributed by atoms with E-state index in [0.29, 0.717) is 12.3 Å². The quantitative estimate of drug-likeness (QED) is 0.845. The summed E-state index contributed by atoms with van der Waals surface area (Å²) in [7, 11) is 0. The second-order valence-electron chi connectivity index (χ2n) is 4.07. The maximum atomic E-state index is 10.4. The maximum Gasteiger partial charge on any atom is 0.303 e. The van der Waals surface area contributed by atoms with Gasteiger partial charge in [0.1, 0.15) is 5.82 Å². The van der Waals surface area contributed by atoms with Crippen LogP contribution in [0.15, 0.2) is 6.20 Å². The summed E-state index contributed by atoms with van der Waals surface area (Å²) < 4.78 is 0. The molecule has 0 aliphatic carbocycles. The first-order chi connectivity index (χ1) is 7.75. The zero-order chi connectivity index (χ0) is 11.4. The SMILES string of the molecule is O=C(O)CCc1cnc(C2CCSCC2)[nH]1. The number of carboxylic acids is 1. The Labute approximate surface area is 98.9 Å². The van der Waals surface area contributed by atoms with Crippen molar-refractivity contribution in [2.45, 2.75) is 31.6 Å². The Kier molecular flexibility index (Phi) is 3.88. The summed E-state index contributed by atoms with van der Waals surface area (Å²) >= 11 is 1.99. The van der Waals surface area contributed by atoms with E-state index in [1.165, 1.54) is 24.3 Å². The number of hydrogen-bond acceptors (Lipinski definition) is 3. The second-order valence-corrected chi connectivity index (χ2v) is 5.30. The van der Waals surface area contributed by atoms with Crippen molar-refractivity contribution < 1.29 is 9.90 Å². The first kappa shape index (κ1) is 11.5. The molecule has 0 radical (unpaired) electrons. The minimum atomic E-state index is -0.759. The number of aryl methyl sites for hydroxylation is 1. The number of aromatic amines is 1. The number of carboxylic acid groups (broad SMARTS) is 1. The molecule has 1 aliphatic heterocycles. The van der Waals surface area contributed by atoms with E-state index in [-0.39, 0.29) is 6.42 Å². The fourth-order valence-corrected chi connectivity index (χ4v) is 3.03. The highest BCUT2D eigenvalue weighted by molar-refractivity contribution is 7.99. The van der Waals surface area contributed by atoms with Gasteiger partial charge >= 0.3 is 5.97 Å². The normalized spacial score (nSPS) is 17.5. The Bertz CT molecular complexity index is 359. The Morgan fingerprint density at radius 3 is 3.00 bits per heavy atom. The smallest absolute Gasteiger partial charge is 0.303 e. The van der Waals surface area contributed by atoms with Crippen LogP contribution in [0, 0.1) is 0 Å². The third-order valence-corrected chi connectivity index (χ3v) is 3.91. The van der Waals surface area contributed by atoms with Crippen molar-refractivity contribution in [2.24, 2.45) is 0 Å². The fourth-order valence-electron chi connectivity index (χ4n) is 1.92. The number of carbonyl (C=O) groups is 1. The van der Waals surface area contributed by atoms with Crippen molar-refractivity contribution in [3.05, 3.63) is 17.7 Å². The van der Waals surface area contributed by atoms with Crippen LogP contribution < -0.4 is 0 Å². The largest absolute Gasteiger partial charge is 0.481 e. The molecule has 5 heteroatoms. The molecule has 0 bridgehead atoms. The molecule has 16 heavy (non-hydrogen) atoms. The molecule has 0 saturated carbocycles. The predicted molar refractivity (Wildman–Crippen MR) is 63.8 cm³/mol. The monoisotopic (exact) mass is 240 g/mol. The summed E-state index contributed by atoms with van der Waals surface area (Å²) in [4.78, 5) is 18.1. The molecule has 88 valence electrons. The third-order valence-electron chi connectivity index (χ3n) is 2.86. The van der Waals surface area contributed by atoms with Crippen molar-refractivity contribution in [2.75, 3.05) is 11.5 Å². The van der Waals surface area contributed by atoms with E-state index in [1.54, 1.807) is 6.20 Å². The summed E-state index contributed by atoms with van der Waals surface area (Å²) in [6, 6.07) is 0. The van der Waals surface area contributed by atoms with E-state index in [4.69, 9.17) is 5.11 Å². The van der Waals surface area contributed by atoms with Crippen LogP contribution in [-0.4, -0.2) is 32.5 Å². The maximum absolute atomic E-state index is 10.4. The number of rotatable bonds is 4. The second kappa shape index (κ2) is 5.39. The molecule has 0 atom stereocenters. The van der Waals surface area contributed by atoms with Crippen LogP contribution in [0.5, 0.6) is 0 Å². The van der Waals surface area contributed by atoms with Gasteiger partial charge < -0.3 is 10.1 Å². The minimum absolute atomic E-state index is 0.169. The lowest BCUT2D eigenvalue weighted by molar-refractivity contribution is -0.136. The average Bonchev–Trinajstić information content (AvgIpc) is 2.76. The Hall–Kier alpha value is -0.970. The van der Waals surface area contributed by atoms with Crippen LogP contribution in [0.25, 0.3) is 0 Å². The molecule has 1 saturated heterocycles. The van der Waals surface area contributed by atoms with Gasteiger partial charge in [-0.05, 0) is 30.8 Å². The van der Waals surface area contributed by atoms with Crippen LogP contribution in [0.2, 0.25) is 0 Å². The van der Waals surface area contributed by atoms with Crippen LogP contribution in [0.4, 0.5) is 0 Å². The molecule has 0 spiro atoms. The van der Waals surface area contributed by atoms with Gasteiger partial charge in [-0.1, -0.05) is 0 Å². The first-order valence-electron chi connectivity index (χ1n) is 5.59. The molecule has 2 N–H and O–H groups in total. The molecule has 1 aromatic rings. The van der Waals surface area contributed by atoms with E-state index in [9.17, 15) is 4.79 Å². The Morgan fingerprint density at radius 2 is 2.31 bits per heavy atom. The van der Waals surface area contributed by atoms with Crippen molar-refractivity contribution in [3.63, 3.8) is 0 Å². The molecule has 2 rings (SSSR count). The highest BCUT2D eigenvalue weighted by atomic mass is 32.2. The van der Waals surface area contributed by atoms with E-state index in [0.717, 1.165) is 11.5 Å². The summed E-state index contributed by atoms with van der Waals surface area (Å²) in [6.45, 7) is 0. The van der Waals surface area contributed by atoms with Gasteiger partial charge in [-0.2, -0.15) is 11.8 Å². The fraction of sp³-hybridized carbons (Fsp3) is 0.636. The van der Waals surface area contributed by atoms with Gasteiger partial charge in [0.25, 0.3) is 0 Å². The highest BCUT2D eigenvalue weighted by Gasteiger charge is 2.18. The number of imidazole rings is 1. The molecule has 1 aliphatic rings. The molecule has 0 unspecified atom stereocenters. The number of thioether (sulfide) groups is 1. The number of aromatic nitrogens is 2. The van der Waals surface area contributed by atoms with Gasteiger partial charge in [-0.15, -0.1) is 0 Å². The average molecular weight is 240 g/mol. The lowest BCUT2D eigenvalue weighted by atomic mass is 10.0. The predicted octanol–water partition coefficient (Wildman–Crippen LogP) is 2.04. The number of nitrogens with one attached hydrogen (secondary N) is 1. The van der Waals surface area contributed by atoms with Crippen LogP contribution in [0.1, 0.15) is 36.7 Å². The van der Waals surface area contributed by atoms with Crippen molar-refractivity contribution in [1.29, 1.82) is 0 Å². The van der Waals surface area contributed by atoms with E-state index in [2.05, 4.69) is 9.97 Å². The number of aliphatic carboxylic acids is 1. The van der Waals surface area contributed by atoms with Gasteiger partial charge in [0, 0.05) is 17.8 Å². The number of nitrogens with zero attached hydrogens (tertiary/aromatic N) is 1. The van der Waals surface area contributed by atoms with E-state index in [1.807, 2.05) is 11.8 Å². The van der Waals surface area contributed by atoms with Crippen LogP contribution in [-0.2, 0) is 11.2 Å². The van der Waals surface area contributed by atoms with E-state index >= 15 is 0 Å². The minimum Gasteiger partial charge on any atom is -0.481 e. The molecule has 1 fully saturated rings. The Balaban J connectivity index is 1.93. The zero-order valence-corrected chi connectivity index (χ0v) is 9.92. The van der Waals surface area contributed by atoms with Crippen molar-refractivity contribution in [1.82, 2.24) is 9.97 Å². The van der Waals surface area contributed by atoms with Gasteiger partial charge in [-0.25, -0.2) is 4.98 Å². The molecule has 1 aromatic heterocycles. The zero-order valence-electron chi connectivity index (χ0n) is 9.11. The molecule has 4 nitrogen and oxygen atoms in total. The molecular formula is C11H16N2O2S. The summed E-state index contributed by atoms with van der Waals surface area (Å²) in [6.07, 6.45) is 4.85. The lowest BCUT2D eigenvalue weighted by Gasteiger charge is -2.18. The van der Waals surface area contributed by atoms with Gasteiger partial charge in [0.05, 0.1) is 6.42 Å². The van der Waals surface area contributed by atoms with Crippen LogP contribution in [0.3, 0.4) is 0 Å². The molecular weight excluding hydrogens is 224 g/mol. The lowest BCUT2D eigenvalue weighted by Crippen LogP contribution is -2.09. The number of H-pyrrole nitrogens is 1. The summed E-state index contributed by atoms with van der Waals surface area (Å²) in [5.41, 5.74) is 0.940. The first-order valence-corrected chi connectivity index (χ1v) is 6.74. The molecule has 0 aromatic carbocycles. The topological polar surface area (TPSA) is 66.0 Å². The van der Waals surface area contributed by atoms with Crippen molar-refractivity contribution in [3.8, 4) is 0 Å². The van der Waals surface area contributed by atoms with Crippen molar-refractivity contribution >= 4 is 17.7 Å². The molecule has 0 amide bonds. The van der Waals surface area contributed by atoms with E-state index < -0.39 is 5.97 Å². The van der Waals surface area contributed by atoms with Gasteiger partial charge in [-0.3, -0.25) is 4.79 Å². The Morgan fingerprint density at radius 1 is 1.56 bits per heavy atom. The van der Waals surface area contributed by atoms with Crippen LogP contribution >= 0.6 is 11.8 Å².